The van der Waals surface area contributed by atoms with Gasteiger partial charge in [0.25, 0.3) is 0 Å². The van der Waals surface area contributed by atoms with Crippen LogP contribution in [0.5, 0.6) is 17.2 Å². The van der Waals surface area contributed by atoms with E-state index < -0.39 is 0 Å². The molecule has 0 amide bonds. The van der Waals surface area contributed by atoms with E-state index in [9.17, 15) is 0 Å². The highest BCUT2D eigenvalue weighted by atomic mass is 16.5. The van der Waals surface area contributed by atoms with Gasteiger partial charge in [0.1, 0.15) is 17.2 Å². The van der Waals surface area contributed by atoms with E-state index in [1.165, 1.54) is 0 Å². The average molecular weight is 400 g/mol. The van der Waals surface area contributed by atoms with Crippen LogP contribution < -0.4 is 14.2 Å². The molecule has 0 bridgehead atoms. The quantitative estimate of drug-likeness (QED) is 0.423. The van der Waals surface area contributed by atoms with E-state index in [0.29, 0.717) is 6.54 Å². The minimum atomic E-state index is 0.634. The second-order valence-electron chi connectivity index (χ2n) is 6.88. The average Bonchev–Trinajstić information content (AvgIpc) is 3.23. The third kappa shape index (κ3) is 4.15. The highest BCUT2D eigenvalue weighted by Gasteiger charge is 2.13. The van der Waals surface area contributed by atoms with Crippen molar-refractivity contribution in [2.75, 3.05) is 21.3 Å². The van der Waals surface area contributed by atoms with Crippen LogP contribution in [0.25, 0.3) is 22.5 Å². The predicted molar refractivity (Wildman–Crippen MR) is 118 cm³/mol. The first-order valence-electron chi connectivity index (χ1n) is 9.70. The SMILES string of the molecule is COc1ccc(-c2cc(-c3ccc(OC)cc3)n(Cc3cccc(OC)c3)n2)cc1. The number of methoxy groups -OCH3 is 3. The van der Waals surface area contributed by atoms with Crippen molar-refractivity contribution in [2.45, 2.75) is 6.54 Å². The maximum absolute atomic E-state index is 5.37. The number of nitrogens with zero attached hydrogens (tertiary/aromatic N) is 2. The number of aromatic nitrogens is 2. The first kappa shape index (κ1) is 19.6. The smallest absolute Gasteiger partial charge is 0.119 e. The Morgan fingerprint density at radius 2 is 1.27 bits per heavy atom. The highest BCUT2D eigenvalue weighted by molar-refractivity contribution is 5.69. The Hall–Kier alpha value is -3.73. The third-order valence-electron chi connectivity index (χ3n) is 5.02. The van der Waals surface area contributed by atoms with Gasteiger partial charge in [-0.3, -0.25) is 4.68 Å². The summed E-state index contributed by atoms with van der Waals surface area (Å²) in [4.78, 5) is 0. The second kappa shape index (κ2) is 8.74. The topological polar surface area (TPSA) is 45.5 Å². The molecule has 0 aliphatic rings. The molecule has 0 saturated carbocycles. The molecular weight excluding hydrogens is 376 g/mol. The lowest BCUT2D eigenvalue weighted by atomic mass is 10.1. The Balaban J connectivity index is 1.75. The Kier molecular flexibility index (Phi) is 5.70. The van der Waals surface area contributed by atoms with Gasteiger partial charge in [0.15, 0.2) is 0 Å². The van der Waals surface area contributed by atoms with Crippen LogP contribution in [0, 0.1) is 0 Å². The maximum atomic E-state index is 5.37. The molecule has 0 radical (unpaired) electrons. The second-order valence-corrected chi connectivity index (χ2v) is 6.88. The molecular formula is C25H24N2O3. The number of hydrogen-bond acceptors (Lipinski definition) is 4. The highest BCUT2D eigenvalue weighted by Crippen LogP contribution is 2.29. The Bertz CT molecular complexity index is 1120. The van der Waals surface area contributed by atoms with E-state index in [-0.39, 0.29) is 0 Å². The van der Waals surface area contributed by atoms with Crippen LogP contribution in [-0.2, 0) is 6.54 Å². The lowest BCUT2D eigenvalue weighted by molar-refractivity contribution is 0.414. The van der Waals surface area contributed by atoms with Crippen molar-refractivity contribution in [3.8, 4) is 39.8 Å². The lowest BCUT2D eigenvalue weighted by Crippen LogP contribution is -2.04. The molecule has 5 heteroatoms. The van der Waals surface area contributed by atoms with Crippen molar-refractivity contribution in [2.24, 2.45) is 0 Å². The molecule has 0 unspecified atom stereocenters. The molecule has 4 aromatic rings. The van der Waals surface area contributed by atoms with Gasteiger partial charge in [-0.2, -0.15) is 5.10 Å². The van der Waals surface area contributed by atoms with E-state index in [4.69, 9.17) is 19.3 Å². The minimum Gasteiger partial charge on any atom is -0.497 e. The van der Waals surface area contributed by atoms with E-state index in [1.807, 2.05) is 59.3 Å². The van der Waals surface area contributed by atoms with Gasteiger partial charge in [0.2, 0.25) is 0 Å². The summed E-state index contributed by atoms with van der Waals surface area (Å²) < 4.78 is 18.0. The van der Waals surface area contributed by atoms with Gasteiger partial charge in [-0.05, 0) is 72.3 Å². The van der Waals surface area contributed by atoms with Crippen LogP contribution >= 0.6 is 0 Å². The zero-order valence-corrected chi connectivity index (χ0v) is 17.3. The molecule has 0 saturated heterocycles. The molecule has 0 atom stereocenters. The van der Waals surface area contributed by atoms with Crippen molar-refractivity contribution < 1.29 is 14.2 Å². The number of ether oxygens (including phenoxy) is 3. The molecule has 0 N–H and O–H groups in total. The van der Waals surface area contributed by atoms with Gasteiger partial charge in [-0.1, -0.05) is 12.1 Å². The first-order chi connectivity index (χ1) is 14.7. The lowest BCUT2D eigenvalue weighted by Gasteiger charge is -2.09. The van der Waals surface area contributed by atoms with E-state index >= 15 is 0 Å². The van der Waals surface area contributed by atoms with E-state index in [0.717, 1.165) is 45.3 Å². The Morgan fingerprint density at radius 3 is 1.87 bits per heavy atom. The number of rotatable bonds is 7. The normalized spacial score (nSPS) is 10.6. The predicted octanol–water partition coefficient (Wildman–Crippen LogP) is 5.29. The summed E-state index contributed by atoms with van der Waals surface area (Å²) in [5.41, 5.74) is 5.17. The fourth-order valence-electron chi connectivity index (χ4n) is 3.38. The maximum Gasteiger partial charge on any atom is 0.119 e. The first-order valence-corrected chi connectivity index (χ1v) is 9.70. The monoisotopic (exact) mass is 400 g/mol. The number of benzene rings is 3. The van der Waals surface area contributed by atoms with Gasteiger partial charge in [0, 0.05) is 11.1 Å². The molecule has 0 aliphatic heterocycles. The van der Waals surface area contributed by atoms with Gasteiger partial charge in [0.05, 0.1) is 39.3 Å². The summed E-state index contributed by atoms with van der Waals surface area (Å²) in [6.45, 7) is 0.634. The molecule has 0 aliphatic carbocycles. The van der Waals surface area contributed by atoms with Crippen LogP contribution in [0.15, 0.2) is 78.9 Å². The van der Waals surface area contributed by atoms with Crippen LogP contribution in [0.3, 0.4) is 0 Å². The largest absolute Gasteiger partial charge is 0.497 e. The van der Waals surface area contributed by atoms with Crippen molar-refractivity contribution in [1.82, 2.24) is 9.78 Å². The van der Waals surface area contributed by atoms with Crippen LogP contribution in [0.2, 0.25) is 0 Å². The summed E-state index contributed by atoms with van der Waals surface area (Å²) in [6, 6.07) is 26.1. The fraction of sp³-hybridized carbons (Fsp3) is 0.160. The summed E-state index contributed by atoms with van der Waals surface area (Å²) in [5.74, 6) is 2.49. The van der Waals surface area contributed by atoms with Crippen molar-refractivity contribution >= 4 is 0 Å². The molecule has 152 valence electrons. The summed E-state index contributed by atoms with van der Waals surface area (Å²) >= 11 is 0. The fourth-order valence-corrected chi connectivity index (χ4v) is 3.38. The van der Waals surface area contributed by atoms with Gasteiger partial charge in [-0.25, -0.2) is 0 Å². The van der Waals surface area contributed by atoms with Crippen LogP contribution in [0.1, 0.15) is 5.56 Å². The summed E-state index contributed by atoms with van der Waals surface area (Å²) in [5, 5.41) is 4.91. The molecule has 5 nitrogen and oxygen atoms in total. The van der Waals surface area contributed by atoms with Crippen LogP contribution in [-0.4, -0.2) is 31.1 Å². The minimum absolute atomic E-state index is 0.634. The summed E-state index contributed by atoms with van der Waals surface area (Å²) in [6.07, 6.45) is 0. The molecule has 0 fully saturated rings. The van der Waals surface area contributed by atoms with Gasteiger partial charge < -0.3 is 14.2 Å². The van der Waals surface area contributed by atoms with E-state index in [1.54, 1.807) is 21.3 Å². The number of hydrogen-bond donors (Lipinski definition) is 0. The van der Waals surface area contributed by atoms with Crippen LogP contribution in [0.4, 0.5) is 0 Å². The van der Waals surface area contributed by atoms with E-state index in [2.05, 4.69) is 24.3 Å². The molecule has 1 heterocycles. The zero-order chi connectivity index (χ0) is 20.9. The molecule has 0 spiro atoms. The third-order valence-corrected chi connectivity index (χ3v) is 5.02. The molecule has 4 rings (SSSR count). The standard InChI is InChI=1S/C25H24N2O3/c1-28-21-11-7-19(8-12-21)24-16-25(20-9-13-22(29-2)14-10-20)27(26-24)17-18-5-4-6-23(15-18)30-3/h4-16H,17H2,1-3H3. The summed E-state index contributed by atoms with van der Waals surface area (Å²) in [7, 11) is 5.01. The van der Waals surface area contributed by atoms with Gasteiger partial charge in [-0.15, -0.1) is 0 Å². The van der Waals surface area contributed by atoms with Gasteiger partial charge >= 0.3 is 0 Å². The van der Waals surface area contributed by atoms with Crippen molar-refractivity contribution in [3.05, 3.63) is 84.4 Å². The molecule has 1 aromatic heterocycles. The Morgan fingerprint density at radius 1 is 0.667 bits per heavy atom. The van der Waals surface area contributed by atoms with Crippen molar-refractivity contribution in [3.63, 3.8) is 0 Å². The zero-order valence-electron chi connectivity index (χ0n) is 17.3. The van der Waals surface area contributed by atoms with Crippen molar-refractivity contribution in [1.29, 1.82) is 0 Å². The Labute approximate surface area is 176 Å². The molecule has 3 aromatic carbocycles. The molecule has 30 heavy (non-hydrogen) atoms.